The Bertz CT molecular complexity index is 1060. The highest BCUT2D eigenvalue weighted by Gasteiger charge is 2.49. The fourth-order valence-electron chi connectivity index (χ4n) is 4.90. The number of aliphatic imine (C=N–C) groups is 1. The van der Waals surface area contributed by atoms with Crippen LogP contribution in [-0.4, -0.2) is 96.1 Å². The molecule has 0 bridgehead atoms. The molecule has 0 aliphatic carbocycles. The second-order valence-electron chi connectivity index (χ2n) is 9.15. The van der Waals surface area contributed by atoms with Crippen molar-refractivity contribution in [2.45, 2.75) is 25.2 Å². The van der Waals surface area contributed by atoms with Gasteiger partial charge in [0.05, 0.1) is 6.61 Å². The molecule has 5 rings (SSSR count). The van der Waals surface area contributed by atoms with Crippen LogP contribution in [0, 0.1) is 0 Å². The van der Waals surface area contributed by atoms with E-state index in [1.807, 2.05) is 36.4 Å². The molecule has 35 heavy (non-hydrogen) atoms. The maximum absolute atomic E-state index is 12.8. The molecule has 184 valence electrons. The van der Waals surface area contributed by atoms with E-state index in [-0.39, 0.29) is 5.91 Å². The lowest BCUT2D eigenvalue weighted by atomic mass is 10.1. The topological polar surface area (TPSA) is 80.7 Å². The summed E-state index contributed by atoms with van der Waals surface area (Å²) in [5.74, 6) is 1.34. The van der Waals surface area contributed by atoms with Crippen LogP contribution in [0.2, 0.25) is 0 Å². The average Bonchev–Trinajstić information content (AvgIpc) is 3.27. The number of fused-ring (bicyclic) bond motifs is 1. The van der Waals surface area contributed by atoms with E-state index in [2.05, 4.69) is 44.3 Å². The maximum atomic E-state index is 12.8. The minimum Gasteiger partial charge on any atom is -0.494 e. The zero-order valence-electron chi connectivity index (χ0n) is 20.0. The Hall–Kier alpha value is -3.59. The fourth-order valence-corrected chi connectivity index (χ4v) is 4.90. The van der Waals surface area contributed by atoms with Gasteiger partial charge in [0, 0.05) is 46.3 Å². The number of carbonyl (C=O) groups excluding carboxylic acids is 2. The summed E-state index contributed by atoms with van der Waals surface area (Å²) in [5, 5.41) is 2.48. The highest BCUT2D eigenvalue weighted by molar-refractivity contribution is 6.03. The van der Waals surface area contributed by atoms with E-state index in [0.717, 1.165) is 50.9 Å². The van der Waals surface area contributed by atoms with E-state index in [1.54, 1.807) is 7.05 Å². The molecular formula is C26H32N6O3. The molecule has 2 atom stereocenters. The maximum Gasteiger partial charge on any atom is 0.325 e. The van der Waals surface area contributed by atoms with Gasteiger partial charge in [0.25, 0.3) is 5.91 Å². The Kier molecular flexibility index (Phi) is 6.85. The lowest BCUT2D eigenvalue weighted by Gasteiger charge is -2.40. The summed E-state index contributed by atoms with van der Waals surface area (Å²) < 4.78 is 5.87. The van der Waals surface area contributed by atoms with Crippen LogP contribution >= 0.6 is 0 Å². The molecular weight excluding hydrogens is 444 g/mol. The van der Waals surface area contributed by atoms with Crippen LogP contribution < -0.4 is 10.1 Å². The highest BCUT2D eigenvalue weighted by atomic mass is 16.5. The Labute approximate surface area is 206 Å². The molecule has 2 saturated heterocycles. The van der Waals surface area contributed by atoms with Crippen molar-refractivity contribution in [1.29, 1.82) is 0 Å². The van der Waals surface area contributed by atoms with E-state index >= 15 is 0 Å². The van der Waals surface area contributed by atoms with E-state index in [4.69, 9.17) is 9.73 Å². The molecule has 0 spiro atoms. The second-order valence-corrected chi connectivity index (χ2v) is 9.15. The van der Waals surface area contributed by atoms with Gasteiger partial charge in [-0.15, -0.1) is 0 Å². The molecule has 9 nitrogen and oxygen atoms in total. The van der Waals surface area contributed by atoms with Gasteiger partial charge in [0.15, 0.2) is 18.2 Å². The number of nitrogens with one attached hydrogen (secondary N) is 1. The molecule has 0 saturated carbocycles. The zero-order valence-corrected chi connectivity index (χ0v) is 20.0. The number of imide groups is 1. The average molecular weight is 477 g/mol. The lowest BCUT2D eigenvalue weighted by molar-refractivity contribution is -0.127. The van der Waals surface area contributed by atoms with Crippen LogP contribution in [0.5, 0.6) is 5.75 Å². The summed E-state index contributed by atoms with van der Waals surface area (Å²) >= 11 is 0. The third-order valence-corrected chi connectivity index (χ3v) is 6.80. The van der Waals surface area contributed by atoms with Crippen LogP contribution in [0.4, 0.5) is 4.79 Å². The summed E-state index contributed by atoms with van der Waals surface area (Å²) in [6.07, 6.45) is 0.222. The van der Waals surface area contributed by atoms with Crippen LogP contribution in [0.1, 0.15) is 12.0 Å². The third-order valence-electron chi connectivity index (χ3n) is 6.80. The first-order valence-corrected chi connectivity index (χ1v) is 12.2. The van der Waals surface area contributed by atoms with Crippen molar-refractivity contribution >= 4 is 17.9 Å². The molecule has 9 heteroatoms. The van der Waals surface area contributed by atoms with Crippen LogP contribution in [0.25, 0.3) is 0 Å². The summed E-state index contributed by atoms with van der Waals surface area (Å²) in [5.41, 5.74) is 1.31. The summed E-state index contributed by atoms with van der Waals surface area (Å²) in [4.78, 5) is 38.3. The molecule has 2 aromatic carbocycles. The summed E-state index contributed by atoms with van der Waals surface area (Å²) in [6, 6.07) is 19.3. The lowest BCUT2D eigenvalue weighted by Crippen LogP contribution is -2.64. The summed E-state index contributed by atoms with van der Waals surface area (Å²) in [7, 11) is 1.69. The van der Waals surface area contributed by atoms with E-state index in [9.17, 15) is 9.59 Å². The number of amides is 3. The van der Waals surface area contributed by atoms with Crippen molar-refractivity contribution in [3.63, 3.8) is 0 Å². The SMILES string of the molecule is CN1C(=O)NC(=O)C2C1N=C(N1CCN(Cc3ccccc3)CC1)N2CCCOc1ccccc1. The van der Waals surface area contributed by atoms with E-state index < -0.39 is 18.2 Å². The number of piperazine rings is 1. The quantitative estimate of drug-likeness (QED) is 0.614. The highest BCUT2D eigenvalue weighted by Crippen LogP contribution is 2.26. The van der Waals surface area contributed by atoms with Crippen molar-refractivity contribution in [2.24, 2.45) is 4.99 Å². The van der Waals surface area contributed by atoms with E-state index in [0.29, 0.717) is 13.2 Å². The van der Waals surface area contributed by atoms with Crippen molar-refractivity contribution in [3.8, 4) is 5.75 Å². The number of urea groups is 1. The Balaban J connectivity index is 1.25. The molecule has 1 N–H and O–H groups in total. The van der Waals surface area contributed by atoms with Gasteiger partial charge in [-0.25, -0.2) is 9.79 Å². The Morgan fingerprint density at radius 2 is 1.66 bits per heavy atom. The number of benzene rings is 2. The number of ether oxygens (including phenoxy) is 1. The van der Waals surface area contributed by atoms with Crippen LogP contribution in [0.3, 0.4) is 0 Å². The Morgan fingerprint density at radius 1 is 0.971 bits per heavy atom. The fraction of sp³-hybridized carbons (Fsp3) is 0.423. The van der Waals surface area contributed by atoms with Crippen molar-refractivity contribution < 1.29 is 14.3 Å². The van der Waals surface area contributed by atoms with Gasteiger partial charge in [-0.05, 0) is 24.1 Å². The standard InChI is InChI=1S/C26H32N6O3/c1-29-23-22(24(33)28-26(29)34)32(13-8-18-35-21-11-6-3-7-12-21)25(27-23)31-16-14-30(15-17-31)19-20-9-4-2-5-10-20/h2-7,9-12,22-23H,8,13-19H2,1H3,(H,28,33,34). The monoisotopic (exact) mass is 476 g/mol. The second kappa shape index (κ2) is 10.4. The number of likely N-dealkylation sites (N-methyl/N-ethyl adjacent to an activating group) is 1. The van der Waals surface area contributed by atoms with Gasteiger partial charge in [-0.2, -0.15) is 0 Å². The minimum absolute atomic E-state index is 0.288. The molecule has 3 aliphatic rings. The van der Waals surface area contributed by atoms with Gasteiger partial charge in [0.1, 0.15) is 5.75 Å². The molecule has 0 radical (unpaired) electrons. The van der Waals surface area contributed by atoms with Crippen molar-refractivity contribution in [3.05, 3.63) is 66.2 Å². The zero-order chi connectivity index (χ0) is 24.2. The van der Waals surface area contributed by atoms with Crippen LogP contribution in [-0.2, 0) is 11.3 Å². The van der Waals surface area contributed by atoms with Crippen molar-refractivity contribution in [1.82, 2.24) is 24.9 Å². The van der Waals surface area contributed by atoms with Crippen molar-refractivity contribution in [2.75, 3.05) is 46.4 Å². The number of guanidine groups is 1. The first-order valence-electron chi connectivity index (χ1n) is 12.2. The predicted molar refractivity (Wildman–Crippen MR) is 133 cm³/mol. The third kappa shape index (κ3) is 5.09. The molecule has 0 aromatic heterocycles. The number of para-hydroxylation sites is 1. The molecule has 2 fully saturated rings. The summed E-state index contributed by atoms with van der Waals surface area (Å²) in [6.45, 7) is 5.54. The number of hydrogen-bond donors (Lipinski definition) is 1. The van der Waals surface area contributed by atoms with Gasteiger partial charge >= 0.3 is 6.03 Å². The number of nitrogens with zero attached hydrogens (tertiary/aromatic N) is 5. The smallest absolute Gasteiger partial charge is 0.325 e. The molecule has 3 heterocycles. The first kappa shape index (κ1) is 23.2. The van der Waals surface area contributed by atoms with Crippen LogP contribution in [0.15, 0.2) is 65.7 Å². The largest absolute Gasteiger partial charge is 0.494 e. The first-order chi connectivity index (χ1) is 17.1. The number of hydrogen-bond acceptors (Lipinski definition) is 7. The van der Waals surface area contributed by atoms with Gasteiger partial charge in [-0.1, -0.05) is 48.5 Å². The number of rotatable bonds is 7. The van der Waals surface area contributed by atoms with E-state index in [1.165, 1.54) is 10.5 Å². The molecule has 3 aliphatic heterocycles. The minimum atomic E-state index is -0.522. The predicted octanol–water partition coefficient (Wildman–Crippen LogP) is 1.82. The molecule has 2 aromatic rings. The van der Waals surface area contributed by atoms with Gasteiger partial charge in [0.2, 0.25) is 0 Å². The number of carbonyl (C=O) groups is 2. The van der Waals surface area contributed by atoms with Gasteiger partial charge in [-0.3, -0.25) is 15.0 Å². The molecule has 2 unspecified atom stereocenters. The normalized spacial score (nSPS) is 22.7. The Morgan fingerprint density at radius 3 is 2.37 bits per heavy atom. The molecule has 3 amide bonds. The van der Waals surface area contributed by atoms with Gasteiger partial charge < -0.3 is 19.4 Å².